The lowest BCUT2D eigenvalue weighted by molar-refractivity contribution is -0.140. The Labute approximate surface area is 160 Å². The molecule has 2 N–H and O–H groups in total. The number of carbonyl (C=O) groups excluding carboxylic acids is 2. The van der Waals surface area contributed by atoms with Crippen molar-refractivity contribution in [2.75, 3.05) is 25.4 Å². The number of benzene rings is 1. The first-order valence-corrected chi connectivity index (χ1v) is 9.28. The standard InChI is InChI=1S/C21H26N4O2/c1-14(2)13-24-10-11-25(15(3)20(24)26)21(27)17-6-4-16(5-7-17)18-8-9-23-12-19(18)22/h4-9,12,14-15H,10-11,13,22H2,1-3H3/t15-/m0/s1. The SMILES string of the molecule is CC(C)CN1CCN(C(=O)c2ccc(-c3ccncc3N)cc2)[C@@H](C)C1=O. The van der Waals surface area contributed by atoms with Gasteiger partial charge in [0.1, 0.15) is 6.04 Å². The highest BCUT2D eigenvalue weighted by atomic mass is 16.2. The van der Waals surface area contributed by atoms with Crippen LogP contribution in [0.2, 0.25) is 0 Å². The van der Waals surface area contributed by atoms with Gasteiger partial charge < -0.3 is 15.5 Å². The molecule has 2 aromatic rings. The molecule has 1 atom stereocenters. The van der Waals surface area contributed by atoms with Crippen molar-refractivity contribution >= 4 is 17.5 Å². The molecule has 0 aliphatic carbocycles. The summed E-state index contributed by atoms with van der Waals surface area (Å²) in [5.74, 6) is 0.315. The van der Waals surface area contributed by atoms with Gasteiger partial charge >= 0.3 is 0 Å². The molecule has 1 fully saturated rings. The summed E-state index contributed by atoms with van der Waals surface area (Å²) in [6.07, 6.45) is 3.30. The maximum Gasteiger partial charge on any atom is 0.254 e. The van der Waals surface area contributed by atoms with Crippen LogP contribution in [0.4, 0.5) is 5.69 Å². The second kappa shape index (κ2) is 7.78. The molecule has 1 aromatic heterocycles. The molecule has 27 heavy (non-hydrogen) atoms. The lowest BCUT2D eigenvalue weighted by atomic mass is 10.0. The van der Waals surface area contributed by atoms with Crippen molar-refractivity contribution in [2.24, 2.45) is 5.92 Å². The van der Waals surface area contributed by atoms with Crippen LogP contribution < -0.4 is 5.73 Å². The van der Waals surface area contributed by atoms with E-state index in [2.05, 4.69) is 18.8 Å². The fraction of sp³-hybridized carbons (Fsp3) is 0.381. The molecule has 6 heteroatoms. The number of nitrogens with two attached hydrogens (primary N) is 1. The molecule has 0 radical (unpaired) electrons. The number of amides is 2. The maximum absolute atomic E-state index is 12.9. The molecule has 1 aliphatic heterocycles. The quantitative estimate of drug-likeness (QED) is 0.902. The molecular formula is C21H26N4O2. The van der Waals surface area contributed by atoms with Crippen molar-refractivity contribution in [1.82, 2.24) is 14.8 Å². The number of aromatic nitrogens is 1. The Bertz CT molecular complexity index is 832. The summed E-state index contributed by atoms with van der Waals surface area (Å²) in [5.41, 5.74) is 8.95. The third kappa shape index (κ3) is 3.94. The first kappa shape index (κ1) is 18.9. The second-order valence-electron chi connectivity index (χ2n) is 7.39. The van der Waals surface area contributed by atoms with E-state index in [1.54, 1.807) is 36.4 Å². The van der Waals surface area contributed by atoms with Gasteiger partial charge in [0.15, 0.2) is 0 Å². The van der Waals surface area contributed by atoms with E-state index < -0.39 is 6.04 Å². The summed E-state index contributed by atoms with van der Waals surface area (Å²) in [7, 11) is 0. The number of pyridine rings is 1. The van der Waals surface area contributed by atoms with E-state index in [-0.39, 0.29) is 11.8 Å². The van der Waals surface area contributed by atoms with Gasteiger partial charge in [-0.1, -0.05) is 26.0 Å². The third-order valence-corrected chi connectivity index (χ3v) is 4.89. The van der Waals surface area contributed by atoms with Crippen LogP contribution in [0.5, 0.6) is 0 Å². The fourth-order valence-electron chi connectivity index (χ4n) is 3.46. The number of anilines is 1. The Kier molecular flexibility index (Phi) is 5.44. The number of carbonyl (C=O) groups is 2. The third-order valence-electron chi connectivity index (χ3n) is 4.89. The molecule has 0 bridgehead atoms. The van der Waals surface area contributed by atoms with Gasteiger partial charge in [0, 0.05) is 37.0 Å². The van der Waals surface area contributed by atoms with Crippen LogP contribution in [0.3, 0.4) is 0 Å². The highest BCUT2D eigenvalue weighted by Crippen LogP contribution is 2.25. The fourth-order valence-corrected chi connectivity index (χ4v) is 3.46. The zero-order chi connectivity index (χ0) is 19.6. The average Bonchev–Trinajstić information content (AvgIpc) is 2.65. The van der Waals surface area contributed by atoms with Crippen molar-refractivity contribution in [3.63, 3.8) is 0 Å². The van der Waals surface area contributed by atoms with Gasteiger partial charge in [-0.25, -0.2) is 0 Å². The van der Waals surface area contributed by atoms with E-state index in [4.69, 9.17) is 5.73 Å². The monoisotopic (exact) mass is 366 g/mol. The van der Waals surface area contributed by atoms with E-state index in [0.29, 0.717) is 30.3 Å². The first-order chi connectivity index (χ1) is 12.9. The highest BCUT2D eigenvalue weighted by molar-refractivity contribution is 5.98. The molecule has 3 rings (SSSR count). The van der Waals surface area contributed by atoms with E-state index >= 15 is 0 Å². The number of nitrogen functional groups attached to an aromatic ring is 1. The topological polar surface area (TPSA) is 79.5 Å². The van der Waals surface area contributed by atoms with Crippen LogP contribution >= 0.6 is 0 Å². The van der Waals surface area contributed by atoms with Gasteiger partial charge in [-0.2, -0.15) is 0 Å². The zero-order valence-corrected chi connectivity index (χ0v) is 16.1. The van der Waals surface area contributed by atoms with Gasteiger partial charge in [-0.15, -0.1) is 0 Å². The number of nitrogens with zero attached hydrogens (tertiary/aromatic N) is 3. The molecule has 0 saturated carbocycles. The Balaban J connectivity index is 1.75. The summed E-state index contributed by atoms with van der Waals surface area (Å²) < 4.78 is 0. The Morgan fingerprint density at radius 2 is 1.93 bits per heavy atom. The minimum Gasteiger partial charge on any atom is -0.397 e. The maximum atomic E-state index is 12.9. The molecule has 0 unspecified atom stereocenters. The average molecular weight is 366 g/mol. The van der Waals surface area contributed by atoms with Crippen LogP contribution in [0.1, 0.15) is 31.1 Å². The highest BCUT2D eigenvalue weighted by Gasteiger charge is 2.34. The predicted octanol–water partition coefficient (Wildman–Crippen LogP) is 2.66. The second-order valence-corrected chi connectivity index (χ2v) is 7.39. The minimum absolute atomic E-state index is 0.0180. The normalized spacial score (nSPS) is 17.5. The van der Waals surface area contributed by atoms with Gasteiger partial charge in [0.05, 0.1) is 11.9 Å². The van der Waals surface area contributed by atoms with Crippen LogP contribution in [-0.2, 0) is 4.79 Å². The van der Waals surface area contributed by atoms with Crippen molar-refractivity contribution in [1.29, 1.82) is 0 Å². The van der Waals surface area contributed by atoms with Crippen molar-refractivity contribution in [2.45, 2.75) is 26.8 Å². The molecule has 1 aromatic carbocycles. The Morgan fingerprint density at radius 1 is 1.22 bits per heavy atom. The summed E-state index contributed by atoms with van der Waals surface area (Å²) in [6, 6.07) is 8.73. The zero-order valence-electron chi connectivity index (χ0n) is 16.1. The number of piperazine rings is 1. The summed E-state index contributed by atoms with van der Waals surface area (Å²) in [5, 5.41) is 0. The first-order valence-electron chi connectivity index (χ1n) is 9.28. The van der Waals surface area contributed by atoms with Crippen LogP contribution in [0, 0.1) is 5.92 Å². The summed E-state index contributed by atoms with van der Waals surface area (Å²) in [6.45, 7) is 7.85. The molecular weight excluding hydrogens is 340 g/mol. The number of hydrogen-bond acceptors (Lipinski definition) is 4. The summed E-state index contributed by atoms with van der Waals surface area (Å²) >= 11 is 0. The molecule has 2 heterocycles. The van der Waals surface area contributed by atoms with Crippen LogP contribution in [0.25, 0.3) is 11.1 Å². The largest absolute Gasteiger partial charge is 0.397 e. The van der Waals surface area contributed by atoms with Gasteiger partial charge in [-0.05, 0) is 36.6 Å². The molecule has 0 spiro atoms. The van der Waals surface area contributed by atoms with Crippen molar-refractivity contribution in [3.8, 4) is 11.1 Å². The van der Waals surface area contributed by atoms with Gasteiger partial charge in [-0.3, -0.25) is 14.6 Å². The van der Waals surface area contributed by atoms with Crippen LogP contribution in [-0.4, -0.2) is 52.3 Å². The van der Waals surface area contributed by atoms with Crippen molar-refractivity contribution < 1.29 is 9.59 Å². The van der Waals surface area contributed by atoms with Gasteiger partial charge in [0.25, 0.3) is 5.91 Å². The van der Waals surface area contributed by atoms with Crippen molar-refractivity contribution in [3.05, 3.63) is 48.3 Å². The minimum atomic E-state index is -0.444. The lowest BCUT2D eigenvalue weighted by Crippen LogP contribution is -2.58. The predicted molar refractivity (Wildman–Crippen MR) is 106 cm³/mol. The lowest BCUT2D eigenvalue weighted by Gasteiger charge is -2.39. The Hall–Kier alpha value is -2.89. The number of hydrogen-bond donors (Lipinski definition) is 1. The summed E-state index contributed by atoms with van der Waals surface area (Å²) in [4.78, 5) is 33.0. The molecule has 6 nitrogen and oxygen atoms in total. The van der Waals surface area contributed by atoms with Crippen LogP contribution in [0.15, 0.2) is 42.7 Å². The van der Waals surface area contributed by atoms with E-state index in [1.165, 1.54) is 0 Å². The number of rotatable bonds is 4. The van der Waals surface area contributed by atoms with E-state index in [1.807, 2.05) is 23.1 Å². The molecule has 1 saturated heterocycles. The van der Waals surface area contributed by atoms with Gasteiger partial charge in [0.2, 0.25) is 5.91 Å². The van der Waals surface area contributed by atoms with E-state index in [0.717, 1.165) is 17.7 Å². The van der Waals surface area contributed by atoms with E-state index in [9.17, 15) is 9.59 Å². The molecule has 2 amide bonds. The molecule has 142 valence electrons. The smallest absolute Gasteiger partial charge is 0.254 e. The Morgan fingerprint density at radius 3 is 2.56 bits per heavy atom. The molecule has 1 aliphatic rings.